The molecule has 26 heavy (non-hydrogen) atoms. The van der Waals surface area contributed by atoms with Crippen LogP contribution in [0, 0.1) is 0 Å². The van der Waals surface area contributed by atoms with Gasteiger partial charge in [-0.3, -0.25) is 4.79 Å². The van der Waals surface area contributed by atoms with Gasteiger partial charge in [0, 0.05) is 34.6 Å². The standard InChI is InChI=1S/C19H19ClN2O4/c1-24-16-9-14(10-17(25-2)19(16)26-3)21-18(23)11-22-7-6-12-4-5-13(20)8-15(12)22/h4-10H,11H2,1-3H3,(H,21,23). The van der Waals surface area contributed by atoms with Crippen molar-refractivity contribution in [3.8, 4) is 17.2 Å². The van der Waals surface area contributed by atoms with Gasteiger partial charge < -0.3 is 24.1 Å². The van der Waals surface area contributed by atoms with E-state index in [1.54, 1.807) is 12.1 Å². The van der Waals surface area contributed by atoms with Crippen molar-refractivity contribution in [2.24, 2.45) is 0 Å². The molecule has 0 saturated carbocycles. The molecule has 1 heterocycles. The largest absolute Gasteiger partial charge is 0.493 e. The Bertz CT molecular complexity index is 927. The second-order valence-corrected chi connectivity index (χ2v) is 6.05. The Labute approximate surface area is 156 Å². The molecule has 0 atom stereocenters. The normalized spacial score (nSPS) is 10.6. The molecule has 0 fully saturated rings. The van der Waals surface area contributed by atoms with Gasteiger partial charge in [-0.05, 0) is 23.6 Å². The van der Waals surface area contributed by atoms with E-state index in [0.717, 1.165) is 10.9 Å². The van der Waals surface area contributed by atoms with Gasteiger partial charge in [-0.25, -0.2) is 0 Å². The Morgan fingerprint density at radius 1 is 1.04 bits per heavy atom. The number of aromatic nitrogens is 1. The van der Waals surface area contributed by atoms with Gasteiger partial charge in [0.15, 0.2) is 11.5 Å². The quantitative estimate of drug-likeness (QED) is 0.709. The number of halogens is 1. The first-order valence-corrected chi connectivity index (χ1v) is 8.27. The number of hydrogen-bond acceptors (Lipinski definition) is 4. The lowest BCUT2D eigenvalue weighted by molar-refractivity contribution is -0.116. The monoisotopic (exact) mass is 374 g/mol. The average molecular weight is 375 g/mol. The Hall–Kier alpha value is -2.86. The number of amides is 1. The van der Waals surface area contributed by atoms with Crippen LogP contribution in [0.25, 0.3) is 10.9 Å². The van der Waals surface area contributed by atoms with Crippen LogP contribution in [0.15, 0.2) is 42.6 Å². The fourth-order valence-electron chi connectivity index (χ4n) is 2.80. The molecule has 0 bridgehead atoms. The molecule has 3 rings (SSSR count). The Kier molecular flexibility index (Phi) is 5.23. The van der Waals surface area contributed by atoms with Crippen LogP contribution in [0.3, 0.4) is 0 Å². The molecule has 1 aromatic heterocycles. The first kappa shape index (κ1) is 17.9. The van der Waals surface area contributed by atoms with Gasteiger partial charge in [-0.2, -0.15) is 0 Å². The van der Waals surface area contributed by atoms with Crippen molar-refractivity contribution in [3.63, 3.8) is 0 Å². The van der Waals surface area contributed by atoms with Crippen molar-refractivity contribution < 1.29 is 19.0 Å². The molecular weight excluding hydrogens is 356 g/mol. The van der Waals surface area contributed by atoms with E-state index >= 15 is 0 Å². The number of fused-ring (bicyclic) bond motifs is 1. The van der Waals surface area contributed by atoms with Crippen LogP contribution in [-0.4, -0.2) is 31.8 Å². The first-order valence-electron chi connectivity index (χ1n) is 7.90. The summed E-state index contributed by atoms with van der Waals surface area (Å²) in [4.78, 5) is 12.5. The predicted octanol–water partition coefficient (Wildman–Crippen LogP) is 3.96. The number of nitrogens with zero attached hydrogens (tertiary/aromatic N) is 1. The van der Waals surface area contributed by atoms with Crippen molar-refractivity contribution in [2.75, 3.05) is 26.6 Å². The fourth-order valence-corrected chi connectivity index (χ4v) is 2.97. The van der Waals surface area contributed by atoms with Crippen LogP contribution >= 0.6 is 11.6 Å². The topological polar surface area (TPSA) is 61.7 Å². The molecule has 0 unspecified atom stereocenters. The lowest BCUT2D eigenvalue weighted by atomic mass is 10.2. The number of hydrogen-bond donors (Lipinski definition) is 1. The maximum atomic E-state index is 12.5. The Morgan fingerprint density at radius 2 is 1.73 bits per heavy atom. The van der Waals surface area contributed by atoms with Gasteiger partial charge in [0.2, 0.25) is 11.7 Å². The minimum absolute atomic E-state index is 0.153. The number of nitrogens with one attached hydrogen (secondary N) is 1. The first-order chi connectivity index (χ1) is 12.5. The van der Waals surface area contributed by atoms with E-state index in [9.17, 15) is 4.79 Å². The summed E-state index contributed by atoms with van der Waals surface area (Å²) in [5.74, 6) is 1.23. The lowest BCUT2D eigenvalue weighted by Gasteiger charge is -2.15. The second-order valence-electron chi connectivity index (χ2n) is 5.61. The third kappa shape index (κ3) is 3.55. The van der Waals surface area contributed by atoms with E-state index in [1.807, 2.05) is 35.0 Å². The van der Waals surface area contributed by atoms with Crippen molar-refractivity contribution in [3.05, 3.63) is 47.6 Å². The highest BCUT2D eigenvalue weighted by molar-refractivity contribution is 6.31. The molecule has 0 aliphatic heterocycles. The molecule has 3 aromatic rings. The second kappa shape index (κ2) is 7.58. The summed E-state index contributed by atoms with van der Waals surface area (Å²) >= 11 is 6.06. The highest BCUT2D eigenvalue weighted by Crippen LogP contribution is 2.39. The van der Waals surface area contributed by atoms with E-state index in [-0.39, 0.29) is 12.5 Å². The van der Waals surface area contributed by atoms with Crippen molar-refractivity contribution in [1.82, 2.24) is 4.57 Å². The molecule has 0 radical (unpaired) electrons. The molecule has 0 aliphatic rings. The van der Waals surface area contributed by atoms with Crippen molar-refractivity contribution >= 4 is 34.1 Å². The number of benzene rings is 2. The molecule has 1 N–H and O–H groups in total. The molecule has 0 aliphatic carbocycles. The SMILES string of the molecule is COc1cc(NC(=O)Cn2ccc3ccc(Cl)cc32)cc(OC)c1OC. The smallest absolute Gasteiger partial charge is 0.244 e. The van der Waals surface area contributed by atoms with Crippen LogP contribution in [-0.2, 0) is 11.3 Å². The summed E-state index contributed by atoms with van der Waals surface area (Å²) in [6.07, 6.45) is 1.86. The molecule has 1 amide bonds. The van der Waals surface area contributed by atoms with Crippen LogP contribution in [0.4, 0.5) is 5.69 Å². The molecular formula is C19H19ClN2O4. The summed E-state index contributed by atoms with van der Waals surface area (Å²) < 4.78 is 17.7. The summed E-state index contributed by atoms with van der Waals surface area (Å²) in [7, 11) is 4.58. The number of carbonyl (C=O) groups excluding carboxylic acids is 1. The summed E-state index contributed by atoms with van der Waals surface area (Å²) in [5.41, 5.74) is 1.46. The van der Waals surface area contributed by atoms with Crippen LogP contribution in [0.1, 0.15) is 0 Å². The van der Waals surface area contributed by atoms with Gasteiger partial charge in [-0.15, -0.1) is 0 Å². The Balaban J connectivity index is 1.82. The molecule has 6 nitrogen and oxygen atoms in total. The number of ether oxygens (including phenoxy) is 3. The third-order valence-corrected chi connectivity index (χ3v) is 4.23. The molecule has 2 aromatic carbocycles. The third-order valence-electron chi connectivity index (χ3n) is 4.00. The molecule has 7 heteroatoms. The van der Waals surface area contributed by atoms with Crippen molar-refractivity contribution in [1.29, 1.82) is 0 Å². The zero-order valence-corrected chi connectivity index (χ0v) is 15.5. The minimum Gasteiger partial charge on any atom is -0.493 e. The predicted molar refractivity (Wildman–Crippen MR) is 102 cm³/mol. The van der Waals surface area contributed by atoms with Gasteiger partial charge in [0.05, 0.1) is 21.3 Å². The number of carbonyl (C=O) groups is 1. The van der Waals surface area contributed by atoms with Gasteiger partial charge >= 0.3 is 0 Å². The van der Waals surface area contributed by atoms with Crippen LogP contribution in [0.5, 0.6) is 17.2 Å². The summed E-state index contributed by atoms with van der Waals surface area (Å²) in [6.45, 7) is 0.153. The molecule has 0 spiro atoms. The number of methoxy groups -OCH3 is 3. The summed E-state index contributed by atoms with van der Waals surface area (Å²) in [5, 5.41) is 4.50. The Morgan fingerprint density at radius 3 is 2.35 bits per heavy atom. The lowest BCUT2D eigenvalue weighted by Crippen LogP contribution is -2.18. The minimum atomic E-state index is -0.184. The van der Waals surface area contributed by atoms with E-state index in [4.69, 9.17) is 25.8 Å². The molecule has 136 valence electrons. The number of anilines is 1. The van der Waals surface area contributed by atoms with Gasteiger partial charge in [0.25, 0.3) is 0 Å². The van der Waals surface area contributed by atoms with E-state index in [0.29, 0.717) is 28.0 Å². The van der Waals surface area contributed by atoms with Gasteiger partial charge in [-0.1, -0.05) is 17.7 Å². The zero-order chi connectivity index (χ0) is 18.7. The van der Waals surface area contributed by atoms with Gasteiger partial charge in [0.1, 0.15) is 6.54 Å². The van der Waals surface area contributed by atoms with E-state index in [2.05, 4.69) is 5.32 Å². The fraction of sp³-hybridized carbons (Fsp3) is 0.211. The molecule has 0 saturated heterocycles. The van der Waals surface area contributed by atoms with E-state index < -0.39 is 0 Å². The maximum absolute atomic E-state index is 12.5. The van der Waals surface area contributed by atoms with E-state index in [1.165, 1.54) is 21.3 Å². The maximum Gasteiger partial charge on any atom is 0.244 e. The highest BCUT2D eigenvalue weighted by Gasteiger charge is 2.15. The average Bonchev–Trinajstić information content (AvgIpc) is 3.02. The van der Waals surface area contributed by atoms with Crippen LogP contribution in [0.2, 0.25) is 5.02 Å². The summed E-state index contributed by atoms with van der Waals surface area (Å²) in [6, 6.07) is 10.9. The van der Waals surface area contributed by atoms with Crippen LogP contribution < -0.4 is 19.5 Å². The highest BCUT2D eigenvalue weighted by atomic mass is 35.5. The zero-order valence-electron chi connectivity index (χ0n) is 14.7. The number of rotatable bonds is 6. The van der Waals surface area contributed by atoms with Crippen molar-refractivity contribution in [2.45, 2.75) is 6.54 Å².